The maximum atomic E-state index is 9.98. The Morgan fingerprint density at radius 1 is 1.11 bits per heavy atom. The van der Waals surface area contributed by atoms with Crippen LogP contribution >= 0.6 is 0 Å². The van der Waals surface area contributed by atoms with Crippen molar-refractivity contribution < 1.29 is 5.11 Å². The molecule has 0 amide bonds. The van der Waals surface area contributed by atoms with E-state index in [-0.39, 0.29) is 11.8 Å². The first-order chi connectivity index (χ1) is 9.10. The lowest BCUT2D eigenvalue weighted by molar-refractivity contribution is 0.467. The molecular weight excluding hydrogens is 234 g/mol. The van der Waals surface area contributed by atoms with E-state index >= 15 is 0 Å². The van der Waals surface area contributed by atoms with Gasteiger partial charge in [0.15, 0.2) is 0 Å². The molecule has 0 bridgehead atoms. The summed E-state index contributed by atoms with van der Waals surface area (Å²) in [6.07, 6.45) is 1.80. The normalized spacial score (nSPS) is 11.9. The second-order valence-electron chi connectivity index (χ2n) is 4.79. The standard InChI is InChI=1S/C17H19NO/c1-4-16(15-11-13(3)8-9-17(15)19)18-14-7-5-6-12(2)10-14/h4-11,16,18-19H,1H2,2-3H3. The lowest BCUT2D eigenvalue weighted by Crippen LogP contribution is -2.08. The van der Waals surface area contributed by atoms with E-state index in [9.17, 15) is 5.11 Å². The molecule has 2 rings (SSSR count). The highest BCUT2D eigenvalue weighted by molar-refractivity contribution is 5.51. The Kier molecular flexibility index (Phi) is 3.91. The Hall–Kier alpha value is -2.22. The van der Waals surface area contributed by atoms with Crippen LogP contribution in [0, 0.1) is 13.8 Å². The second kappa shape index (κ2) is 5.61. The first kappa shape index (κ1) is 13.2. The molecule has 2 heteroatoms. The second-order valence-corrected chi connectivity index (χ2v) is 4.79. The van der Waals surface area contributed by atoms with Gasteiger partial charge >= 0.3 is 0 Å². The van der Waals surface area contributed by atoms with Gasteiger partial charge in [-0.05, 0) is 43.7 Å². The largest absolute Gasteiger partial charge is 0.508 e. The molecule has 2 aromatic rings. The van der Waals surface area contributed by atoms with Gasteiger partial charge in [0.1, 0.15) is 5.75 Å². The molecular formula is C17H19NO. The summed E-state index contributed by atoms with van der Waals surface area (Å²) in [7, 11) is 0. The van der Waals surface area contributed by atoms with Crippen LogP contribution in [0.4, 0.5) is 5.69 Å². The van der Waals surface area contributed by atoms with Gasteiger partial charge in [0.25, 0.3) is 0 Å². The van der Waals surface area contributed by atoms with Crippen molar-refractivity contribution in [2.24, 2.45) is 0 Å². The fourth-order valence-electron chi connectivity index (χ4n) is 2.10. The first-order valence-corrected chi connectivity index (χ1v) is 6.35. The third-order valence-electron chi connectivity index (χ3n) is 3.09. The molecule has 0 spiro atoms. The number of hydrogen-bond donors (Lipinski definition) is 2. The fourth-order valence-corrected chi connectivity index (χ4v) is 2.10. The minimum absolute atomic E-state index is 0.110. The van der Waals surface area contributed by atoms with E-state index in [1.165, 1.54) is 5.56 Å². The van der Waals surface area contributed by atoms with Gasteiger partial charge in [0, 0.05) is 11.3 Å². The van der Waals surface area contributed by atoms with Gasteiger partial charge in [0.2, 0.25) is 0 Å². The topological polar surface area (TPSA) is 32.3 Å². The van der Waals surface area contributed by atoms with Crippen molar-refractivity contribution in [2.45, 2.75) is 19.9 Å². The van der Waals surface area contributed by atoms with E-state index < -0.39 is 0 Å². The Morgan fingerprint density at radius 2 is 1.84 bits per heavy atom. The number of rotatable bonds is 4. The number of phenolic OH excluding ortho intramolecular Hbond substituents is 1. The Morgan fingerprint density at radius 3 is 2.53 bits per heavy atom. The number of phenols is 1. The van der Waals surface area contributed by atoms with E-state index in [2.05, 4.69) is 31.0 Å². The minimum atomic E-state index is -0.110. The number of benzene rings is 2. The molecule has 2 N–H and O–H groups in total. The number of hydrogen-bond acceptors (Lipinski definition) is 2. The van der Waals surface area contributed by atoms with Crippen LogP contribution in [0.1, 0.15) is 22.7 Å². The number of anilines is 1. The van der Waals surface area contributed by atoms with Crippen molar-refractivity contribution in [3.05, 3.63) is 71.8 Å². The molecule has 0 aliphatic heterocycles. The van der Waals surface area contributed by atoms with Crippen molar-refractivity contribution in [2.75, 3.05) is 5.32 Å². The van der Waals surface area contributed by atoms with Crippen molar-refractivity contribution in [3.63, 3.8) is 0 Å². The van der Waals surface area contributed by atoms with Gasteiger partial charge in [-0.1, -0.05) is 29.8 Å². The van der Waals surface area contributed by atoms with Crippen LogP contribution in [0.2, 0.25) is 0 Å². The summed E-state index contributed by atoms with van der Waals surface area (Å²) in [4.78, 5) is 0. The lowest BCUT2D eigenvalue weighted by atomic mass is 10.0. The average Bonchev–Trinajstić information content (AvgIpc) is 2.39. The molecule has 0 radical (unpaired) electrons. The zero-order valence-electron chi connectivity index (χ0n) is 11.4. The SMILES string of the molecule is C=CC(Nc1cccc(C)c1)c1cc(C)ccc1O. The number of aromatic hydroxyl groups is 1. The van der Waals surface area contributed by atoms with Crippen LogP contribution in [0.3, 0.4) is 0 Å². The van der Waals surface area contributed by atoms with Gasteiger partial charge < -0.3 is 10.4 Å². The number of nitrogens with one attached hydrogen (secondary N) is 1. The van der Waals surface area contributed by atoms with E-state index in [1.807, 2.05) is 31.2 Å². The molecule has 0 saturated heterocycles. The molecule has 1 atom stereocenters. The highest BCUT2D eigenvalue weighted by atomic mass is 16.3. The fraction of sp³-hybridized carbons (Fsp3) is 0.176. The van der Waals surface area contributed by atoms with Crippen LogP contribution < -0.4 is 5.32 Å². The summed E-state index contributed by atoms with van der Waals surface area (Å²) < 4.78 is 0. The highest BCUT2D eigenvalue weighted by Gasteiger charge is 2.12. The molecule has 0 saturated carbocycles. The summed E-state index contributed by atoms with van der Waals surface area (Å²) in [5.74, 6) is 0.288. The van der Waals surface area contributed by atoms with Gasteiger partial charge in [-0.3, -0.25) is 0 Å². The van der Waals surface area contributed by atoms with Gasteiger partial charge in [-0.25, -0.2) is 0 Å². The van der Waals surface area contributed by atoms with Gasteiger partial charge in [0.05, 0.1) is 6.04 Å². The first-order valence-electron chi connectivity index (χ1n) is 6.35. The van der Waals surface area contributed by atoms with Crippen LogP contribution in [0.25, 0.3) is 0 Å². The monoisotopic (exact) mass is 253 g/mol. The maximum Gasteiger partial charge on any atom is 0.121 e. The van der Waals surface area contributed by atoms with E-state index in [0.29, 0.717) is 0 Å². The summed E-state index contributed by atoms with van der Waals surface area (Å²) in [5.41, 5.74) is 4.18. The molecule has 0 aliphatic carbocycles. The zero-order chi connectivity index (χ0) is 13.8. The van der Waals surface area contributed by atoms with E-state index in [4.69, 9.17) is 0 Å². The molecule has 2 aromatic carbocycles. The van der Waals surface area contributed by atoms with Crippen molar-refractivity contribution in [1.29, 1.82) is 0 Å². The molecule has 0 aliphatic rings. The van der Waals surface area contributed by atoms with Crippen molar-refractivity contribution in [3.8, 4) is 5.75 Å². The minimum Gasteiger partial charge on any atom is -0.508 e. The molecule has 19 heavy (non-hydrogen) atoms. The summed E-state index contributed by atoms with van der Waals surface area (Å²) >= 11 is 0. The average molecular weight is 253 g/mol. The molecule has 0 heterocycles. The van der Waals surface area contributed by atoms with E-state index in [0.717, 1.165) is 16.8 Å². The predicted octanol–water partition coefficient (Wildman–Crippen LogP) is 4.35. The quantitative estimate of drug-likeness (QED) is 0.794. The Balaban J connectivity index is 2.30. The van der Waals surface area contributed by atoms with Crippen molar-refractivity contribution >= 4 is 5.69 Å². The highest BCUT2D eigenvalue weighted by Crippen LogP contribution is 2.29. The zero-order valence-corrected chi connectivity index (χ0v) is 11.4. The maximum absolute atomic E-state index is 9.98. The van der Waals surface area contributed by atoms with Crippen LogP contribution in [-0.2, 0) is 0 Å². The molecule has 1 unspecified atom stereocenters. The number of aryl methyl sites for hydroxylation is 2. The Labute approximate surface area is 114 Å². The van der Waals surface area contributed by atoms with Crippen LogP contribution in [-0.4, -0.2) is 5.11 Å². The summed E-state index contributed by atoms with van der Waals surface area (Å²) in [6, 6.07) is 13.6. The van der Waals surface area contributed by atoms with Gasteiger partial charge in [-0.2, -0.15) is 0 Å². The van der Waals surface area contributed by atoms with Gasteiger partial charge in [-0.15, -0.1) is 6.58 Å². The predicted molar refractivity (Wildman–Crippen MR) is 80.6 cm³/mol. The Bertz CT molecular complexity index is 590. The lowest BCUT2D eigenvalue weighted by Gasteiger charge is -2.18. The molecule has 0 fully saturated rings. The molecule has 0 aromatic heterocycles. The molecule has 98 valence electrons. The summed E-state index contributed by atoms with van der Waals surface area (Å²) in [6.45, 7) is 7.92. The third kappa shape index (κ3) is 3.16. The third-order valence-corrected chi connectivity index (χ3v) is 3.09. The summed E-state index contributed by atoms with van der Waals surface area (Å²) in [5, 5.41) is 13.4. The molecule has 2 nitrogen and oxygen atoms in total. The van der Waals surface area contributed by atoms with E-state index in [1.54, 1.807) is 12.1 Å². The van der Waals surface area contributed by atoms with Crippen LogP contribution in [0.5, 0.6) is 5.75 Å². The van der Waals surface area contributed by atoms with Crippen molar-refractivity contribution in [1.82, 2.24) is 0 Å². The smallest absolute Gasteiger partial charge is 0.121 e. The van der Waals surface area contributed by atoms with Crippen LogP contribution in [0.15, 0.2) is 55.1 Å².